The van der Waals surface area contributed by atoms with Crippen LogP contribution in [0.5, 0.6) is 5.75 Å². The Balaban J connectivity index is 1.36. The van der Waals surface area contributed by atoms with Gasteiger partial charge in [0, 0.05) is 44.1 Å². The van der Waals surface area contributed by atoms with Crippen LogP contribution in [0.25, 0.3) is 5.76 Å². The monoisotopic (exact) mass is 527 g/mol. The summed E-state index contributed by atoms with van der Waals surface area (Å²) < 4.78 is 11.3. The third-order valence-corrected chi connectivity index (χ3v) is 7.32. The van der Waals surface area contributed by atoms with Crippen molar-refractivity contribution < 1.29 is 24.2 Å². The third-order valence-electron chi connectivity index (χ3n) is 7.32. The number of hydrogen-bond acceptors (Lipinski definition) is 7. The molecule has 39 heavy (non-hydrogen) atoms. The fraction of sp³-hybridized carbons (Fsp3) is 0.323. The first-order valence-corrected chi connectivity index (χ1v) is 13.3. The quantitative estimate of drug-likeness (QED) is 0.254. The van der Waals surface area contributed by atoms with E-state index in [2.05, 4.69) is 9.88 Å². The molecule has 0 radical (unpaired) electrons. The third kappa shape index (κ3) is 6.02. The molecule has 3 heterocycles. The number of likely N-dealkylation sites (tertiary alicyclic amines) is 1. The molecule has 1 amide bonds. The molecule has 2 aliphatic heterocycles. The Morgan fingerprint density at radius 2 is 1.72 bits per heavy atom. The number of benzene rings is 2. The lowest BCUT2D eigenvalue weighted by molar-refractivity contribution is -0.140. The number of aryl methyl sites for hydroxylation is 1. The van der Waals surface area contributed by atoms with Crippen LogP contribution >= 0.6 is 0 Å². The van der Waals surface area contributed by atoms with E-state index in [1.54, 1.807) is 53.7 Å². The van der Waals surface area contributed by atoms with E-state index in [1.807, 2.05) is 31.2 Å². The van der Waals surface area contributed by atoms with Gasteiger partial charge in [-0.3, -0.25) is 19.5 Å². The van der Waals surface area contributed by atoms with Gasteiger partial charge in [0.05, 0.1) is 24.8 Å². The molecule has 2 aliphatic rings. The standard InChI is InChI=1S/C31H33N3O5/c1-22-5-2-3-6-25(22)21-39-26-9-7-24(8-10-26)29(35)27-28(23-11-13-32-14-12-23)34(31(37)30(27)36)16-4-15-33-17-19-38-20-18-33/h2-3,5-14,28,35H,4,15-21H2,1H3. The molecule has 3 aromatic rings. The summed E-state index contributed by atoms with van der Waals surface area (Å²) in [5, 5.41) is 11.3. The first-order valence-electron chi connectivity index (χ1n) is 13.3. The van der Waals surface area contributed by atoms with Crippen LogP contribution in [0.3, 0.4) is 0 Å². The van der Waals surface area contributed by atoms with E-state index in [9.17, 15) is 14.7 Å². The molecule has 8 nitrogen and oxygen atoms in total. The van der Waals surface area contributed by atoms with Gasteiger partial charge in [0.25, 0.3) is 11.7 Å². The van der Waals surface area contributed by atoms with E-state index in [-0.39, 0.29) is 11.3 Å². The molecule has 1 N–H and O–H groups in total. The molecule has 1 aromatic heterocycles. The van der Waals surface area contributed by atoms with Gasteiger partial charge in [-0.1, -0.05) is 24.3 Å². The van der Waals surface area contributed by atoms with E-state index in [1.165, 1.54) is 0 Å². The lowest BCUT2D eigenvalue weighted by Gasteiger charge is -2.29. The molecule has 8 heteroatoms. The lowest BCUT2D eigenvalue weighted by Crippen LogP contribution is -2.38. The number of carbonyl (C=O) groups is 2. The van der Waals surface area contributed by atoms with E-state index in [0.29, 0.717) is 44.1 Å². The molecule has 2 aromatic carbocycles. The fourth-order valence-corrected chi connectivity index (χ4v) is 5.09. The van der Waals surface area contributed by atoms with Crippen molar-refractivity contribution >= 4 is 17.4 Å². The largest absolute Gasteiger partial charge is 0.507 e. The number of aliphatic hydroxyl groups excluding tert-OH is 1. The Morgan fingerprint density at radius 3 is 2.44 bits per heavy atom. The summed E-state index contributed by atoms with van der Waals surface area (Å²) in [6.07, 6.45) is 3.97. The van der Waals surface area contributed by atoms with Crippen LogP contribution in [0.15, 0.2) is 78.6 Å². The van der Waals surface area contributed by atoms with Gasteiger partial charge in [-0.25, -0.2) is 0 Å². The van der Waals surface area contributed by atoms with Gasteiger partial charge in [-0.15, -0.1) is 0 Å². The maximum absolute atomic E-state index is 13.3. The molecule has 0 saturated carbocycles. The first-order chi connectivity index (χ1) is 19.0. The highest BCUT2D eigenvalue weighted by atomic mass is 16.5. The van der Waals surface area contributed by atoms with Crippen molar-refractivity contribution in [3.05, 3.63) is 101 Å². The average Bonchev–Trinajstić information content (AvgIpc) is 3.23. The van der Waals surface area contributed by atoms with Crippen LogP contribution in [0.4, 0.5) is 0 Å². The van der Waals surface area contributed by atoms with Crippen LogP contribution in [-0.2, 0) is 20.9 Å². The molecule has 1 unspecified atom stereocenters. The zero-order valence-electron chi connectivity index (χ0n) is 22.1. The highest BCUT2D eigenvalue weighted by Crippen LogP contribution is 2.39. The number of hydrogen-bond donors (Lipinski definition) is 1. The second kappa shape index (κ2) is 12.2. The molecule has 2 fully saturated rings. The first kappa shape index (κ1) is 26.6. The molecule has 2 saturated heterocycles. The molecular formula is C31H33N3O5. The van der Waals surface area contributed by atoms with Crippen LogP contribution in [0.1, 0.15) is 34.7 Å². The van der Waals surface area contributed by atoms with Crippen molar-refractivity contribution in [1.29, 1.82) is 0 Å². The SMILES string of the molecule is Cc1ccccc1COc1ccc(C(O)=C2C(=O)C(=O)N(CCCN3CCOCC3)C2c2ccncc2)cc1. The molecule has 0 aliphatic carbocycles. The molecular weight excluding hydrogens is 494 g/mol. The number of rotatable bonds is 9. The molecule has 1 atom stereocenters. The summed E-state index contributed by atoms with van der Waals surface area (Å²) in [7, 11) is 0. The molecule has 0 spiro atoms. The number of aliphatic hydroxyl groups is 1. The zero-order chi connectivity index (χ0) is 27.2. The number of amides is 1. The summed E-state index contributed by atoms with van der Waals surface area (Å²) >= 11 is 0. The van der Waals surface area contributed by atoms with Crippen molar-refractivity contribution in [3.63, 3.8) is 0 Å². The van der Waals surface area contributed by atoms with E-state index in [0.717, 1.165) is 36.3 Å². The summed E-state index contributed by atoms with van der Waals surface area (Å²) in [6, 6.07) is 17.8. The van der Waals surface area contributed by atoms with Gasteiger partial charge in [0.15, 0.2) is 0 Å². The second-order valence-electron chi connectivity index (χ2n) is 9.82. The number of Topliss-reactive ketones (excluding diaryl/α,β-unsaturated/α-hetero) is 1. The Morgan fingerprint density at radius 1 is 1.00 bits per heavy atom. The number of ether oxygens (including phenoxy) is 2. The Bertz CT molecular complexity index is 1330. The van der Waals surface area contributed by atoms with Crippen molar-refractivity contribution in [2.45, 2.75) is 26.0 Å². The Labute approximate surface area is 228 Å². The summed E-state index contributed by atoms with van der Waals surface area (Å²) in [5.74, 6) is -0.834. The number of ketones is 1. The number of carbonyl (C=O) groups excluding carboxylic acids is 2. The van der Waals surface area contributed by atoms with Crippen LogP contribution in [0.2, 0.25) is 0 Å². The molecule has 202 valence electrons. The smallest absolute Gasteiger partial charge is 0.295 e. The van der Waals surface area contributed by atoms with Crippen LogP contribution in [0, 0.1) is 6.92 Å². The summed E-state index contributed by atoms with van der Waals surface area (Å²) in [6.45, 7) is 6.80. The number of aromatic nitrogens is 1. The van der Waals surface area contributed by atoms with E-state index < -0.39 is 17.7 Å². The van der Waals surface area contributed by atoms with Crippen LogP contribution < -0.4 is 4.74 Å². The summed E-state index contributed by atoms with van der Waals surface area (Å²) in [5.41, 5.74) is 3.51. The van der Waals surface area contributed by atoms with Gasteiger partial charge in [0.2, 0.25) is 0 Å². The maximum Gasteiger partial charge on any atom is 0.295 e. The fourth-order valence-electron chi connectivity index (χ4n) is 5.09. The van der Waals surface area contributed by atoms with Gasteiger partial charge >= 0.3 is 0 Å². The van der Waals surface area contributed by atoms with E-state index >= 15 is 0 Å². The van der Waals surface area contributed by atoms with Gasteiger partial charge in [-0.05, 0) is 66.4 Å². The van der Waals surface area contributed by atoms with Gasteiger partial charge in [0.1, 0.15) is 18.1 Å². The highest BCUT2D eigenvalue weighted by molar-refractivity contribution is 6.46. The molecule has 0 bridgehead atoms. The predicted octanol–water partition coefficient (Wildman–Crippen LogP) is 4.11. The topological polar surface area (TPSA) is 92.2 Å². The van der Waals surface area contributed by atoms with Gasteiger partial charge < -0.3 is 19.5 Å². The average molecular weight is 528 g/mol. The second-order valence-corrected chi connectivity index (χ2v) is 9.82. The minimum Gasteiger partial charge on any atom is -0.507 e. The van der Waals surface area contributed by atoms with Crippen LogP contribution in [-0.4, -0.2) is 71.0 Å². The zero-order valence-corrected chi connectivity index (χ0v) is 22.1. The Hall–Kier alpha value is -4.01. The maximum atomic E-state index is 13.3. The minimum atomic E-state index is -0.685. The van der Waals surface area contributed by atoms with Crippen molar-refractivity contribution in [1.82, 2.24) is 14.8 Å². The van der Waals surface area contributed by atoms with Crippen molar-refractivity contribution in [2.24, 2.45) is 0 Å². The minimum absolute atomic E-state index is 0.0890. The van der Waals surface area contributed by atoms with E-state index in [4.69, 9.17) is 9.47 Å². The van der Waals surface area contributed by atoms with Gasteiger partial charge in [-0.2, -0.15) is 0 Å². The number of nitrogens with zero attached hydrogens (tertiary/aromatic N) is 3. The Kier molecular flexibility index (Phi) is 8.34. The highest BCUT2D eigenvalue weighted by Gasteiger charge is 2.45. The number of morpholine rings is 1. The summed E-state index contributed by atoms with van der Waals surface area (Å²) in [4.78, 5) is 34.4. The molecule has 5 rings (SSSR count). The predicted molar refractivity (Wildman–Crippen MR) is 147 cm³/mol. The van der Waals surface area contributed by atoms with Crippen molar-refractivity contribution in [2.75, 3.05) is 39.4 Å². The normalized spacial score (nSPS) is 19.4. The number of pyridine rings is 1. The lowest BCUT2D eigenvalue weighted by atomic mass is 9.96. The van der Waals surface area contributed by atoms with Crippen molar-refractivity contribution in [3.8, 4) is 5.75 Å².